The molecule has 0 spiro atoms. The predicted molar refractivity (Wildman–Crippen MR) is 87.5 cm³/mol. The van der Waals surface area contributed by atoms with Crippen LogP contribution in [0, 0.1) is 20.2 Å². The first-order valence-electron chi connectivity index (χ1n) is 6.65. The summed E-state index contributed by atoms with van der Waals surface area (Å²) < 4.78 is 0. The second-order valence-electron chi connectivity index (χ2n) is 4.56. The number of anilines is 1. The molecule has 1 aromatic carbocycles. The number of hydrogen-bond donors (Lipinski definition) is 4. The highest BCUT2D eigenvalue weighted by Crippen LogP contribution is 2.32. The number of nitrogens with zero attached hydrogens (tertiary/aromatic N) is 2. The lowest BCUT2D eigenvalue weighted by Crippen LogP contribution is -2.34. The van der Waals surface area contributed by atoms with Crippen molar-refractivity contribution in [2.45, 2.75) is 6.10 Å². The molecule has 0 fully saturated rings. The fourth-order valence-corrected chi connectivity index (χ4v) is 1.95. The highest BCUT2D eigenvalue weighted by Gasteiger charge is 2.28. The molecular weight excluding hydrogens is 392 g/mol. The number of rotatable bonds is 9. The topological polar surface area (TPSA) is 168 Å². The fraction of sp³-hybridized carbons (Fsp3) is 0.417. The quantitative estimate of drug-likeness (QED) is 0.259. The molecule has 0 saturated carbocycles. The van der Waals surface area contributed by atoms with Crippen LogP contribution in [0.1, 0.15) is 10.4 Å². The summed E-state index contributed by atoms with van der Waals surface area (Å²) in [6, 6.07) is 1.72. The van der Waals surface area contributed by atoms with E-state index in [0.717, 1.165) is 6.07 Å². The van der Waals surface area contributed by atoms with Crippen molar-refractivity contribution >= 4 is 38.9 Å². The first-order valence-corrected chi connectivity index (χ1v) is 7.77. The average Bonchev–Trinajstić information content (AvgIpc) is 2.56. The van der Waals surface area contributed by atoms with Gasteiger partial charge in [0.15, 0.2) is 0 Å². The number of amides is 1. The van der Waals surface area contributed by atoms with Crippen LogP contribution in [0.15, 0.2) is 12.1 Å². The number of carbonyl (C=O) groups excluding carboxylic acids is 1. The van der Waals surface area contributed by atoms with Crippen molar-refractivity contribution in [1.29, 1.82) is 0 Å². The number of aliphatic hydroxyl groups excluding tert-OH is 2. The van der Waals surface area contributed by atoms with E-state index >= 15 is 0 Å². The maximum Gasteiger partial charge on any atom is 0.299 e. The third-order valence-electron chi connectivity index (χ3n) is 2.87. The van der Waals surface area contributed by atoms with Crippen LogP contribution < -0.4 is 10.6 Å². The fourth-order valence-electron chi connectivity index (χ4n) is 1.75. The summed E-state index contributed by atoms with van der Waals surface area (Å²) in [5, 5.41) is 45.5. The number of hydrogen-bond acceptors (Lipinski definition) is 8. The molecule has 132 valence electrons. The normalized spacial score (nSPS) is 11.6. The Balaban J connectivity index is 3.27. The van der Waals surface area contributed by atoms with Gasteiger partial charge in [-0.05, 0) is 6.07 Å². The van der Waals surface area contributed by atoms with Crippen LogP contribution in [-0.4, -0.2) is 57.1 Å². The van der Waals surface area contributed by atoms with Gasteiger partial charge in [-0.15, -0.1) is 0 Å². The Morgan fingerprint density at radius 3 is 2.38 bits per heavy atom. The van der Waals surface area contributed by atoms with Crippen molar-refractivity contribution < 1.29 is 24.9 Å². The van der Waals surface area contributed by atoms with Gasteiger partial charge in [0, 0.05) is 18.4 Å². The molecule has 0 saturated heterocycles. The van der Waals surface area contributed by atoms with Gasteiger partial charge in [0.2, 0.25) is 0 Å². The predicted octanol–water partition coefficient (Wildman–Crippen LogP) is 0.393. The van der Waals surface area contributed by atoms with Gasteiger partial charge in [0.05, 0.1) is 28.6 Å². The molecule has 0 heterocycles. The zero-order chi connectivity index (χ0) is 18.3. The molecule has 12 heteroatoms. The zero-order valence-corrected chi connectivity index (χ0v) is 13.9. The van der Waals surface area contributed by atoms with Gasteiger partial charge in [0.1, 0.15) is 11.3 Å². The minimum Gasteiger partial charge on any atom is -0.394 e. The molecular formula is C12H15BrN4O7. The molecule has 1 rings (SSSR count). The second kappa shape index (κ2) is 9.10. The molecule has 11 nitrogen and oxygen atoms in total. The van der Waals surface area contributed by atoms with E-state index in [4.69, 9.17) is 5.11 Å². The van der Waals surface area contributed by atoms with Crippen molar-refractivity contribution in [1.82, 2.24) is 5.32 Å². The van der Waals surface area contributed by atoms with Crippen LogP contribution >= 0.6 is 15.9 Å². The number of nitro benzene ring substituents is 2. The Labute approximate surface area is 144 Å². The molecule has 0 aliphatic carbocycles. The molecule has 1 atom stereocenters. The highest BCUT2D eigenvalue weighted by atomic mass is 79.9. The molecule has 0 aliphatic rings. The number of nitrogens with one attached hydrogen (secondary N) is 2. The maximum absolute atomic E-state index is 12.1. The molecule has 4 N–H and O–H groups in total. The molecule has 1 amide bonds. The minimum atomic E-state index is -1.22. The summed E-state index contributed by atoms with van der Waals surface area (Å²) in [7, 11) is 0. The van der Waals surface area contributed by atoms with E-state index in [1.165, 1.54) is 0 Å². The van der Waals surface area contributed by atoms with Crippen molar-refractivity contribution in [2.24, 2.45) is 0 Å². The lowest BCUT2D eigenvalue weighted by atomic mass is 10.1. The number of alkyl halides is 1. The summed E-state index contributed by atoms with van der Waals surface area (Å²) in [4.78, 5) is 32.6. The van der Waals surface area contributed by atoms with E-state index in [-0.39, 0.29) is 12.2 Å². The van der Waals surface area contributed by atoms with E-state index in [1.807, 2.05) is 0 Å². The van der Waals surface area contributed by atoms with Crippen LogP contribution in [0.2, 0.25) is 0 Å². The third kappa shape index (κ3) is 5.11. The van der Waals surface area contributed by atoms with Crippen molar-refractivity contribution in [3.8, 4) is 0 Å². The Bertz CT molecular complexity index is 640. The van der Waals surface area contributed by atoms with Crippen molar-refractivity contribution in [2.75, 3.05) is 30.3 Å². The Morgan fingerprint density at radius 2 is 1.88 bits per heavy atom. The van der Waals surface area contributed by atoms with Gasteiger partial charge >= 0.3 is 0 Å². The Hall–Kier alpha value is -2.31. The Morgan fingerprint density at radius 1 is 1.25 bits per heavy atom. The molecule has 0 aromatic heterocycles. The van der Waals surface area contributed by atoms with Gasteiger partial charge in [0.25, 0.3) is 17.3 Å². The minimum absolute atomic E-state index is 0.0436. The summed E-state index contributed by atoms with van der Waals surface area (Å²) in [6.07, 6.45) is -1.22. The first kappa shape index (κ1) is 19.7. The third-order valence-corrected chi connectivity index (χ3v) is 3.27. The number of aliphatic hydroxyl groups is 2. The summed E-state index contributed by atoms with van der Waals surface area (Å²) in [5.41, 5.74) is -1.71. The van der Waals surface area contributed by atoms with Crippen LogP contribution in [0.25, 0.3) is 0 Å². The zero-order valence-electron chi connectivity index (χ0n) is 12.3. The molecule has 1 aromatic rings. The van der Waals surface area contributed by atoms with E-state index in [9.17, 15) is 30.1 Å². The lowest BCUT2D eigenvalue weighted by molar-refractivity contribution is -0.393. The largest absolute Gasteiger partial charge is 0.394 e. The highest BCUT2D eigenvalue weighted by molar-refractivity contribution is 9.09. The Kier molecular flexibility index (Phi) is 7.48. The van der Waals surface area contributed by atoms with Crippen LogP contribution in [0.5, 0.6) is 0 Å². The average molecular weight is 407 g/mol. The van der Waals surface area contributed by atoms with E-state index < -0.39 is 45.4 Å². The number of halogens is 1. The smallest absolute Gasteiger partial charge is 0.299 e. The van der Waals surface area contributed by atoms with Gasteiger partial charge < -0.3 is 20.8 Å². The van der Waals surface area contributed by atoms with Crippen molar-refractivity contribution in [3.63, 3.8) is 0 Å². The monoisotopic (exact) mass is 406 g/mol. The second-order valence-corrected chi connectivity index (χ2v) is 5.36. The van der Waals surface area contributed by atoms with Crippen LogP contribution in [0.3, 0.4) is 0 Å². The number of nitro groups is 2. The molecule has 1 unspecified atom stereocenters. The molecule has 0 aliphatic heterocycles. The summed E-state index contributed by atoms with van der Waals surface area (Å²) in [5.74, 6) is -0.897. The standard InChI is InChI=1S/C12H15BrN4O7/c13-1-2-14-9-3-8(12(20)15-5-7(19)6-18)10(16(21)22)4-11(9)17(23)24/h3-4,7,14,18-19H,1-2,5-6H2,(H,15,20). The SMILES string of the molecule is O=C(NCC(O)CO)c1cc(NCCBr)c([N+](=O)[O-])cc1[N+](=O)[O-]. The number of benzene rings is 1. The first-order chi connectivity index (χ1) is 11.3. The lowest BCUT2D eigenvalue weighted by Gasteiger charge is -2.11. The molecule has 0 radical (unpaired) electrons. The van der Waals surface area contributed by atoms with Gasteiger partial charge in [-0.25, -0.2) is 0 Å². The van der Waals surface area contributed by atoms with Gasteiger partial charge in [-0.3, -0.25) is 25.0 Å². The van der Waals surface area contributed by atoms with E-state index in [1.54, 1.807) is 0 Å². The van der Waals surface area contributed by atoms with Crippen molar-refractivity contribution in [3.05, 3.63) is 37.9 Å². The van der Waals surface area contributed by atoms with E-state index in [0.29, 0.717) is 17.9 Å². The van der Waals surface area contributed by atoms with E-state index in [2.05, 4.69) is 26.6 Å². The van der Waals surface area contributed by atoms with Gasteiger partial charge in [-0.1, -0.05) is 15.9 Å². The summed E-state index contributed by atoms with van der Waals surface area (Å²) in [6.45, 7) is -0.628. The molecule has 0 bridgehead atoms. The summed E-state index contributed by atoms with van der Waals surface area (Å²) >= 11 is 3.13. The van der Waals surface area contributed by atoms with Crippen LogP contribution in [-0.2, 0) is 0 Å². The molecule has 24 heavy (non-hydrogen) atoms. The maximum atomic E-state index is 12.1. The van der Waals surface area contributed by atoms with Crippen LogP contribution in [0.4, 0.5) is 17.1 Å². The van der Waals surface area contributed by atoms with Gasteiger partial charge in [-0.2, -0.15) is 0 Å². The number of carbonyl (C=O) groups is 1.